The molecule has 15 heavy (non-hydrogen) atoms. The summed E-state index contributed by atoms with van der Waals surface area (Å²) in [6.07, 6.45) is 1.04. The fraction of sp³-hybridized carbons (Fsp3) is 0.800. The summed E-state index contributed by atoms with van der Waals surface area (Å²) in [6.45, 7) is 4.46. The van der Waals surface area contributed by atoms with Crippen LogP contribution in [0.15, 0.2) is 0 Å². The van der Waals surface area contributed by atoms with Crippen molar-refractivity contribution in [3.05, 3.63) is 0 Å². The largest absolute Gasteiger partial charge is 0.481 e. The molecule has 0 bridgehead atoms. The highest BCUT2D eigenvalue weighted by Gasteiger charge is 2.19. The van der Waals surface area contributed by atoms with Crippen molar-refractivity contribution < 1.29 is 19.4 Å². The molecule has 0 saturated carbocycles. The number of hydrogen-bond donors (Lipinski definition) is 2. The third kappa shape index (κ3) is 7.78. The molecule has 0 fully saturated rings. The Bertz CT molecular complexity index is 225. The molecule has 0 unspecified atom stereocenters. The van der Waals surface area contributed by atoms with Crippen LogP contribution in [0.25, 0.3) is 0 Å². The Labute approximate surface area is 89.8 Å². The number of carbonyl (C=O) groups is 2. The lowest BCUT2D eigenvalue weighted by molar-refractivity contribution is -0.137. The van der Waals surface area contributed by atoms with Gasteiger partial charge in [0.1, 0.15) is 0 Å². The SMILES string of the molecule is COC(=O)NCCC(C)(C)CCC(=O)O. The van der Waals surface area contributed by atoms with Gasteiger partial charge in [0, 0.05) is 13.0 Å². The molecule has 0 radical (unpaired) electrons. The molecule has 0 heterocycles. The molecular weight excluding hydrogens is 198 g/mol. The van der Waals surface area contributed by atoms with Crippen LogP contribution in [0.4, 0.5) is 4.79 Å². The maximum Gasteiger partial charge on any atom is 0.406 e. The van der Waals surface area contributed by atoms with Gasteiger partial charge in [0.05, 0.1) is 7.11 Å². The zero-order valence-electron chi connectivity index (χ0n) is 9.50. The molecule has 0 spiro atoms. The number of hydrogen-bond acceptors (Lipinski definition) is 3. The van der Waals surface area contributed by atoms with Crippen LogP contribution < -0.4 is 5.32 Å². The normalized spacial score (nSPS) is 10.9. The van der Waals surface area contributed by atoms with Gasteiger partial charge in [-0.15, -0.1) is 0 Å². The fourth-order valence-corrected chi connectivity index (χ4v) is 1.15. The summed E-state index contributed by atoms with van der Waals surface area (Å²) in [5, 5.41) is 11.1. The monoisotopic (exact) mass is 217 g/mol. The van der Waals surface area contributed by atoms with Crippen molar-refractivity contribution >= 4 is 12.1 Å². The third-order valence-electron chi connectivity index (χ3n) is 2.27. The summed E-state index contributed by atoms with van der Waals surface area (Å²) in [6, 6.07) is 0. The van der Waals surface area contributed by atoms with Gasteiger partial charge >= 0.3 is 12.1 Å². The molecular formula is C10H19NO4. The highest BCUT2D eigenvalue weighted by molar-refractivity contribution is 5.67. The number of amides is 1. The highest BCUT2D eigenvalue weighted by atomic mass is 16.5. The van der Waals surface area contributed by atoms with Gasteiger partial charge in [0.15, 0.2) is 0 Å². The predicted molar refractivity (Wildman–Crippen MR) is 55.7 cm³/mol. The molecule has 0 aromatic carbocycles. The molecule has 5 nitrogen and oxygen atoms in total. The number of ether oxygens (including phenoxy) is 1. The maximum atomic E-state index is 10.7. The van der Waals surface area contributed by atoms with E-state index in [2.05, 4.69) is 10.1 Å². The third-order valence-corrected chi connectivity index (χ3v) is 2.27. The van der Waals surface area contributed by atoms with Crippen molar-refractivity contribution in [3.63, 3.8) is 0 Å². The van der Waals surface area contributed by atoms with Crippen molar-refractivity contribution in [2.24, 2.45) is 5.41 Å². The molecule has 0 aliphatic heterocycles. The summed E-state index contributed by atoms with van der Waals surface area (Å²) in [5.74, 6) is -0.788. The number of nitrogens with one attached hydrogen (secondary N) is 1. The average Bonchev–Trinajstić information content (AvgIpc) is 2.14. The Hall–Kier alpha value is -1.26. The molecule has 0 aliphatic rings. The van der Waals surface area contributed by atoms with E-state index in [-0.39, 0.29) is 11.8 Å². The van der Waals surface area contributed by atoms with Gasteiger partial charge in [-0.05, 0) is 18.3 Å². The summed E-state index contributed by atoms with van der Waals surface area (Å²) < 4.78 is 4.42. The Morgan fingerprint density at radius 2 is 1.93 bits per heavy atom. The van der Waals surface area contributed by atoms with E-state index < -0.39 is 12.1 Å². The van der Waals surface area contributed by atoms with E-state index in [9.17, 15) is 9.59 Å². The van der Waals surface area contributed by atoms with E-state index >= 15 is 0 Å². The smallest absolute Gasteiger partial charge is 0.406 e. The Morgan fingerprint density at radius 3 is 2.40 bits per heavy atom. The van der Waals surface area contributed by atoms with Crippen LogP contribution in [0.1, 0.15) is 33.1 Å². The van der Waals surface area contributed by atoms with Gasteiger partial charge in [-0.2, -0.15) is 0 Å². The Balaban J connectivity index is 3.73. The molecule has 0 aromatic heterocycles. The second-order valence-corrected chi connectivity index (χ2v) is 4.23. The fourth-order valence-electron chi connectivity index (χ4n) is 1.15. The van der Waals surface area contributed by atoms with Crippen LogP contribution in [0.3, 0.4) is 0 Å². The van der Waals surface area contributed by atoms with Gasteiger partial charge in [-0.1, -0.05) is 13.8 Å². The van der Waals surface area contributed by atoms with Crippen LogP contribution in [-0.4, -0.2) is 30.8 Å². The number of methoxy groups -OCH3 is 1. The molecule has 0 rings (SSSR count). The first-order valence-electron chi connectivity index (χ1n) is 4.91. The number of alkyl carbamates (subject to hydrolysis) is 1. The van der Waals surface area contributed by atoms with Crippen molar-refractivity contribution in [3.8, 4) is 0 Å². The lowest BCUT2D eigenvalue weighted by Gasteiger charge is -2.23. The van der Waals surface area contributed by atoms with Gasteiger partial charge in [-0.3, -0.25) is 4.79 Å². The minimum absolute atomic E-state index is 0.0839. The summed E-state index contributed by atoms with van der Waals surface area (Å²) in [7, 11) is 1.31. The van der Waals surface area contributed by atoms with Crippen LogP contribution in [-0.2, 0) is 9.53 Å². The molecule has 5 heteroatoms. The van der Waals surface area contributed by atoms with Gasteiger partial charge in [0.2, 0.25) is 0 Å². The molecule has 0 atom stereocenters. The number of rotatable bonds is 6. The van der Waals surface area contributed by atoms with E-state index in [1.54, 1.807) is 0 Å². The second kappa shape index (κ2) is 6.27. The van der Waals surface area contributed by atoms with Crippen LogP contribution in [0, 0.1) is 5.41 Å². The van der Waals surface area contributed by atoms with Crippen molar-refractivity contribution in [1.82, 2.24) is 5.32 Å². The van der Waals surface area contributed by atoms with E-state index in [0.29, 0.717) is 13.0 Å². The molecule has 0 saturated heterocycles. The topological polar surface area (TPSA) is 75.6 Å². The van der Waals surface area contributed by atoms with E-state index in [1.165, 1.54) is 7.11 Å². The maximum absolute atomic E-state index is 10.7. The van der Waals surface area contributed by atoms with Crippen LogP contribution in [0.2, 0.25) is 0 Å². The number of aliphatic carboxylic acids is 1. The van der Waals surface area contributed by atoms with Crippen LogP contribution >= 0.6 is 0 Å². The van der Waals surface area contributed by atoms with Crippen LogP contribution in [0.5, 0.6) is 0 Å². The zero-order valence-corrected chi connectivity index (χ0v) is 9.50. The first-order valence-corrected chi connectivity index (χ1v) is 4.91. The Morgan fingerprint density at radius 1 is 1.33 bits per heavy atom. The second-order valence-electron chi connectivity index (χ2n) is 4.23. The molecule has 2 N–H and O–H groups in total. The average molecular weight is 217 g/mol. The minimum atomic E-state index is -0.788. The minimum Gasteiger partial charge on any atom is -0.481 e. The van der Waals surface area contributed by atoms with Gasteiger partial charge in [0.25, 0.3) is 0 Å². The first-order chi connectivity index (χ1) is 6.87. The van der Waals surface area contributed by atoms with Gasteiger partial charge < -0.3 is 15.2 Å². The molecule has 0 aliphatic carbocycles. The first kappa shape index (κ1) is 13.7. The lowest BCUT2D eigenvalue weighted by Crippen LogP contribution is -2.28. The number of carboxylic acids is 1. The zero-order chi connectivity index (χ0) is 11.9. The summed E-state index contributed by atoms with van der Waals surface area (Å²) >= 11 is 0. The van der Waals surface area contributed by atoms with E-state index in [0.717, 1.165) is 6.42 Å². The summed E-state index contributed by atoms with van der Waals surface area (Å²) in [5.41, 5.74) is -0.0839. The van der Waals surface area contributed by atoms with Crippen molar-refractivity contribution in [2.45, 2.75) is 33.1 Å². The predicted octanol–water partition coefficient (Wildman–Crippen LogP) is 1.62. The molecule has 88 valence electrons. The standard InChI is InChI=1S/C10H19NO4/c1-10(2,5-4-8(12)13)6-7-11-9(14)15-3/h4-7H2,1-3H3,(H,11,14)(H,12,13). The number of carbonyl (C=O) groups excluding carboxylic acids is 1. The molecule has 0 aromatic rings. The lowest BCUT2D eigenvalue weighted by atomic mass is 9.84. The number of carboxylic acid groups (broad SMARTS) is 1. The quantitative estimate of drug-likeness (QED) is 0.709. The van der Waals surface area contributed by atoms with E-state index in [1.807, 2.05) is 13.8 Å². The Kier molecular flexibility index (Phi) is 5.74. The van der Waals surface area contributed by atoms with Gasteiger partial charge in [-0.25, -0.2) is 4.79 Å². The highest BCUT2D eigenvalue weighted by Crippen LogP contribution is 2.25. The summed E-state index contributed by atoms with van der Waals surface area (Å²) in [4.78, 5) is 21.1. The van der Waals surface area contributed by atoms with E-state index in [4.69, 9.17) is 5.11 Å². The van der Waals surface area contributed by atoms with Crippen molar-refractivity contribution in [1.29, 1.82) is 0 Å². The molecule has 1 amide bonds. The van der Waals surface area contributed by atoms with Crippen molar-refractivity contribution in [2.75, 3.05) is 13.7 Å².